The summed E-state index contributed by atoms with van der Waals surface area (Å²) in [5, 5.41) is 14.8. The van der Waals surface area contributed by atoms with Gasteiger partial charge in [-0.2, -0.15) is 0 Å². The van der Waals surface area contributed by atoms with Crippen LogP contribution in [0.4, 0.5) is 0 Å². The quantitative estimate of drug-likeness (QED) is 0.919. The maximum absolute atomic E-state index is 9.70. The van der Waals surface area contributed by atoms with Crippen LogP contribution in [0.1, 0.15) is 25.3 Å². The Kier molecular flexibility index (Phi) is 3.92. The molecule has 1 aromatic carbocycles. The van der Waals surface area contributed by atoms with Crippen molar-refractivity contribution in [1.29, 1.82) is 0 Å². The molecule has 1 N–H and O–H groups in total. The van der Waals surface area contributed by atoms with Gasteiger partial charge in [0.05, 0.1) is 21.9 Å². The fourth-order valence-electron chi connectivity index (χ4n) is 1.79. The lowest BCUT2D eigenvalue weighted by molar-refractivity contribution is -0.0182. The number of oxime groups is 1. The number of nitrogens with zero attached hydrogens (tertiary/aromatic N) is 1. The summed E-state index contributed by atoms with van der Waals surface area (Å²) in [6.45, 7) is 1.90. The summed E-state index contributed by atoms with van der Waals surface area (Å²) in [5.41, 5.74) is 1.39. The van der Waals surface area contributed by atoms with Crippen LogP contribution >= 0.6 is 23.2 Å². The molecule has 0 radical (unpaired) electrons. The molecule has 0 unspecified atom stereocenters. The standard InChI is InChI=1S/C12H13Cl2NO2/c1-2-10(16)11-6-9(15-17-11)12-7(13)4-3-5-8(12)14/h3-5,10-11,16H,2,6H2,1H3/t10-,11-/m1/s1. The third-order valence-electron chi connectivity index (χ3n) is 2.79. The molecule has 0 bridgehead atoms. The van der Waals surface area contributed by atoms with Crippen molar-refractivity contribution in [3.05, 3.63) is 33.8 Å². The zero-order valence-corrected chi connectivity index (χ0v) is 10.9. The molecule has 1 aliphatic heterocycles. The number of rotatable bonds is 3. The van der Waals surface area contributed by atoms with Gasteiger partial charge in [-0.25, -0.2) is 0 Å². The SMILES string of the molecule is CC[C@@H](O)[C@H]1CC(c2c(Cl)cccc2Cl)=NO1. The zero-order chi connectivity index (χ0) is 12.4. The molecule has 0 saturated heterocycles. The van der Waals surface area contributed by atoms with Crippen LogP contribution in [0.5, 0.6) is 0 Å². The maximum Gasteiger partial charge on any atom is 0.158 e. The third-order valence-corrected chi connectivity index (χ3v) is 3.42. The summed E-state index contributed by atoms with van der Waals surface area (Å²) in [4.78, 5) is 5.20. The summed E-state index contributed by atoms with van der Waals surface area (Å²) >= 11 is 12.2. The summed E-state index contributed by atoms with van der Waals surface area (Å²) in [5.74, 6) is 0. The predicted octanol–water partition coefficient (Wildman–Crippen LogP) is 3.26. The van der Waals surface area contributed by atoms with Crippen molar-refractivity contribution >= 4 is 28.9 Å². The smallest absolute Gasteiger partial charge is 0.158 e. The van der Waals surface area contributed by atoms with Gasteiger partial charge in [0.2, 0.25) is 0 Å². The molecule has 1 aliphatic rings. The molecule has 3 nitrogen and oxygen atoms in total. The van der Waals surface area contributed by atoms with E-state index in [1.165, 1.54) is 0 Å². The molecule has 1 heterocycles. The van der Waals surface area contributed by atoms with E-state index >= 15 is 0 Å². The lowest BCUT2D eigenvalue weighted by Gasteiger charge is -2.13. The molecule has 17 heavy (non-hydrogen) atoms. The Labute approximate surface area is 110 Å². The van der Waals surface area contributed by atoms with Gasteiger partial charge < -0.3 is 9.94 Å². The fraction of sp³-hybridized carbons (Fsp3) is 0.417. The zero-order valence-electron chi connectivity index (χ0n) is 9.36. The minimum absolute atomic E-state index is 0.303. The lowest BCUT2D eigenvalue weighted by atomic mass is 10.0. The average Bonchev–Trinajstić information content (AvgIpc) is 2.77. The highest BCUT2D eigenvalue weighted by atomic mass is 35.5. The van der Waals surface area contributed by atoms with Gasteiger partial charge >= 0.3 is 0 Å². The summed E-state index contributed by atoms with van der Waals surface area (Å²) < 4.78 is 0. The number of aliphatic hydroxyl groups is 1. The van der Waals surface area contributed by atoms with Crippen molar-refractivity contribution in [3.63, 3.8) is 0 Å². The monoisotopic (exact) mass is 273 g/mol. The van der Waals surface area contributed by atoms with E-state index < -0.39 is 6.10 Å². The third kappa shape index (κ3) is 2.57. The van der Waals surface area contributed by atoms with E-state index in [0.717, 1.165) is 0 Å². The molecule has 1 aromatic rings. The van der Waals surface area contributed by atoms with Gasteiger partial charge in [-0.15, -0.1) is 0 Å². The van der Waals surface area contributed by atoms with Gasteiger partial charge in [-0.3, -0.25) is 0 Å². The van der Waals surface area contributed by atoms with Crippen molar-refractivity contribution in [3.8, 4) is 0 Å². The van der Waals surface area contributed by atoms with Crippen LogP contribution in [0.25, 0.3) is 0 Å². The molecule has 0 aromatic heterocycles. The van der Waals surface area contributed by atoms with Gasteiger partial charge in [0.15, 0.2) is 6.10 Å². The van der Waals surface area contributed by atoms with Crippen molar-refractivity contribution in [2.75, 3.05) is 0 Å². The van der Waals surface area contributed by atoms with Crippen LogP contribution in [0.3, 0.4) is 0 Å². The Bertz CT molecular complexity index is 428. The molecule has 0 fully saturated rings. The minimum atomic E-state index is -0.516. The normalized spacial score (nSPS) is 20.9. The Hall–Kier alpha value is -0.770. The average molecular weight is 274 g/mol. The molecule has 5 heteroatoms. The van der Waals surface area contributed by atoms with E-state index in [1.807, 2.05) is 6.92 Å². The molecule has 92 valence electrons. The second kappa shape index (κ2) is 5.25. The first kappa shape index (κ1) is 12.7. The number of hydrogen-bond donors (Lipinski definition) is 1. The van der Waals surface area contributed by atoms with Crippen LogP contribution in [0.15, 0.2) is 23.4 Å². The van der Waals surface area contributed by atoms with Gasteiger partial charge in [-0.1, -0.05) is 41.3 Å². The van der Waals surface area contributed by atoms with E-state index in [4.69, 9.17) is 28.0 Å². The minimum Gasteiger partial charge on any atom is -0.389 e. The first-order valence-corrected chi connectivity index (χ1v) is 6.24. The predicted molar refractivity (Wildman–Crippen MR) is 68.8 cm³/mol. The van der Waals surface area contributed by atoms with Crippen LogP contribution in [0, 0.1) is 0 Å². The molecule has 0 amide bonds. The highest BCUT2D eigenvalue weighted by Gasteiger charge is 2.29. The van der Waals surface area contributed by atoms with Gasteiger partial charge in [0, 0.05) is 12.0 Å². The van der Waals surface area contributed by atoms with E-state index in [2.05, 4.69) is 5.16 Å². The maximum atomic E-state index is 9.70. The first-order chi connectivity index (χ1) is 8.13. The first-order valence-electron chi connectivity index (χ1n) is 5.48. The molecule has 2 atom stereocenters. The van der Waals surface area contributed by atoms with Crippen molar-refractivity contribution < 1.29 is 9.94 Å². The second-order valence-corrected chi connectivity index (χ2v) is 4.77. The Balaban J connectivity index is 2.21. The van der Waals surface area contributed by atoms with E-state index in [-0.39, 0.29) is 6.10 Å². The van der Waals surface area contributed by atoms with E-state index in [0.29, 0.717) is 34.2 Å². The number of hydrogen-bond acceptors (Lipinski definition) is 3. The molecule has 2 rings (SSSR count). The molecular weight excluding hydrogens is 261 g/mol. The van der Waals surface area contributed by atoms with Crippen LogP contribution in [-0.4, -0.2) is 23.0 Å². The molecular formula is C12H13Cl2NO2. The van der Waals surface area contributed by atoms with E-state index in [9.17, 15) is 5.11 Å². The van der Waals surface area contributed by atoms with Gasteiger partial charge in [-0.05, 0) is 18.6 Å². The Morgan fingerprint density at radius 3 is 2.71 bits per heavy atom. The number of halogens is 2. The second-order valence-electron chi connectivity index (χ2n) is 3.96. The van der Waals surface area contributed by atoms with Crippen LogP contribution in [-0.2, 0) is 4.84 Å². The molecule has 0 saturated carbocycles. The van der Waals surface area contributed by atoms with Gasteiger partial charge in [0.25, 0.3) is 0 Å². The lowest BCUT2D eigenvalue weighted by Crippen LogP contribution is -2.25. The van der Waals surface area contributed by atoms with Gasteiger partial charge in [0.1, 0.15) is 0 Å². The largest absolute Gasteiger partial charge is 0.389 e. The highest BCUT2D eigenvalue weighted by molar-refractivity contribution is 6.40. The van der Waals surface area contributed by atoms with Crippen molar-refractivity contribution in [1.82, 2.24) is 0 Å². The summed E-state index contributed by atoms with van der Waals surface area (Å²) in [6, 6.07) is 5.30. The van der Waals surface area contributed by atoms with Crippen LogP contribution in [0.2, 0.25) is 10.0 Å². The number of aliphatic hydroxyl groups excluding tert-OH is 1. The fourth-order valence-corrected chi connectivity index (χ4v) is 2.40. The Morgan fingerprint density at radius 2 is 2.12 bits per heavy atom. The molecule has 0 spiro atoms. The number of benzene rings is 1. The topological polar surface area (TPSA) is 41.8 Å². The van der Waals surface area contributed by atoms with Crippen molar-refractivity contribution in [2.45, 2.75) is 32.0 Å². The summed E-state index contributed by atoms with van der Waals surface area (Å²) in [6.07, 6.45) is 0.335. The Morgan fingerprint density at radius 1 is 1.47 bits per heavy atom. The van der Waals surface area contributed by atoms with E-state index in [1.54, 1.807) is 18.2 Å². The highest BCUT2D eigenvalue weighted by Crippen LogP contribution is 2.30. The summed E-state index contributed by atoms with van der Waals surface area (Å²) in [7, 11) is 0. The van der Waals surface area contributed by atoms with Crippen molar-refractivity contribution in [2.24, 2.45) is 5.16 Å². The van der Waals surface area contributed by atoms with Crippen LogP contribution < -0.4 is 0 Å². The molecule has 0 aliphatic carbocycles.